The second-order valence-corrected chi connectivity index (χ2v) is 4.00. The van der Waals surface area contributed by atoms with Crippen molar-refractivity contribution in [3.05, 3.63) is 29.3 Å². The van der Waals surface area contributed by atoms with Crippen molar-refractivity contribution >= 4 is 5.97 Å². The lowest BCUT2D eigenvalue weighted by atomic mass is 10.1. The zero-order valence-electron chi connectivity index (χ0n) is 11.3. The maximum atomic E-state index is 10.9. The summed E-state index contributed by atoms with van der Waals surface area (Å²) in [6, 6.07) is 4.71. The molecule has 0 saturated carbocycles. The Kier molecular flexibility index (Phi) is 6.92. The molecule has 0 aliphatic carbocycles. The molecule has 0 aliphatic rings. The van der Waals surface area contributed by atoms with Crippen molar-refractivity contribution in [2.45, 2.75) is 20.0 Å². The fourth-order valence-electron chi connectivity index (χ4n) is 1.57. The lowest BCUT2D eigenvalue weighted by Gasteiger charge is -2.10. The molecule has 1 aromatic rings. The molecule has 0 bridgehead atoms. The summed E-state index contributed by atoms with van der Waals surface area (Å²) in [4.78, 5) is 10.9. The van der Waals surface area contributed by atoms with E-state index in [1.165, 1.54) is 6.07 Å². The molecule has 19 heavy (non-hydrogen) atoms. The molecule has 1 rings (SSSR count). The lowest BCUT2D eigenvalue weighted by molar-refractivity contribution is 0.0401. The molecule has 0 aromatic heterocycles. The smallest absolute Gasteiger partial charge is 0.335 e. The molecular weight excluding hydrogens is 248 g/mol. The first-order chi connectivity index (χ1) is 9.19. The van der Waals surface area contributed by atoms with Crippen molar-refractivity contribution in [2.75, 3.05) is 26.9 Å². The maximum Gasteiger partial charge on any atom is 0.335 e. The molecule has 1 aromatic carbocycles. The Hall–Kier alpha value is -1.59. The fourth-order valence-corrected chi connectivity index (χ4v) is 1.57. The molecule has 0 radical (unpaired) electrons. The van der Waals surface area contributed by atoms with Gasteiger partial charge in [-0.3, -0.25) is 0 Å². The van der Waals surface area contributed by atoms with Gasteiger partial charge in [0.1, 0.15) is 5.75 Å². The highest BCUT2D eigenvalue weighted by Crippen LogP contribution is 2.20. The first kappa shape index (κ1) is 15.5. The van der Waals surface area contributed by atoms with E-state index in [1.807, 2.05) is 6.92 Å². The number of methoxy groups -OCH3 is 1. The van der Waals surface area contributed by atoms with Gasteiger partial charge in [0.05, 0.1) is 32.5 Å². The summed E-state index contributed by atoms with van der Waals surface area (Å²) in [6.45, 7) is 4.08. The Bertz CT molecular complexity index is 403. The van der Waals surface area contributed by atoms with Crippen LogP contribution < -0.4 is 4.74 Å². The number of aromatic carboxylic acids is 1. The minimum Gasteiger partial charge on any atom is -0.496 e. The van der Waals surface area contributed by atoms with Gasteiger partial charge in [0.25, 0.3) is 0 Å². The summed E-state index contributed by atoms with van der Waals surface area (Å²) in [6.07, 6.45) is 0.981. The van der Waals surface area contributed by atoms with Crippen molar-refractivity contribution in [3.63, 3.8) is 0 Å². The maximum absolute atomic E-state index is 10.9. The number of carboxylic acids is 1. The zero-order valence-corrected chi connectivity index (χ0v) is 11.3. The topological polar surface area (TPSA) is 65.0 Å². The summed E-state index contributed by atoms with van der Waals surface area (Å²) in [5.74, 6) is -0.338. The Morgan fingerprint density at radius 3 is 2.58 bits per heavy atom. The van der Waals surface area contributed by atoms with E-state index in [0.717, 1.165) is 18.6 Å². The Morgan fingerprint density at radius 1 is 1.21 bits per heavy atom. The van der Waals surface area contributed by atoms with Gasteiger partial charge in [-0.15, -0.1) is 0 Å². The van der Waals surface area contributed by atoms with E-state index >= 15 is 0 Å². The molecule has 0 amide bonds. The average molecular weight is 268 g/mol. The highest BCUT2D eigenvalue weighted by Gasteiger charge is 2.09. The lowest BCUT2D eigenvalue weighted by Crippen LogP contribution is -2.06. The molecule has 106 valence electrons. The standard InChI is InChI=1S/C14H20O5/c1-3-6-18-7-8-19-10-12-9-11(14(15)16)4-5-13(12)17-2/h4-5,9H,3,6-8,10H2,1-2H3,(H,15,16). The van der Waals surface area contributed by atoms with E-state index in [-0.39, 0.29) is 5.56 Å². The van der Waals surface area contributed by atoms with Crippen LogP contribution in [0.25, 0.3) is 0 Å². The van der Waals surface area contributed by atoms with Gasteiger partial charge in [-0.2, -0.15) is 0 Å². The van der Waals surface area contributed by atoms with Crippen LogP contribution in [0.3, 0.4) is 0 Å². The third-order valence-corrected chi connectivity index (χ3v) is 2.51. The minimum absolute atomic E-state index is 0.224. The van der Waals surface area contributed by atoms with Gasteiger partial charge in [0.15, 0.2) is 0 Å². The number of rotatable bonds is 9. The van der Waals surface area contributed by atoms with Crippen LogP contribution in [0.4, 0.5) is 0 Å². The van der Waals surface area contributed by atoms with Crippen LogP contribution in [-0.4, -0.2) is 38.0 Å². The molecule has 0 unspecified atom stereocenters. The second kappa shape index (κ2) is 8.50. The Labute approximate surface area is 113 Å². The van der Waals surface area contributed by atoms with E-state index in [0.29, 0.717) is 25.6 Å². The summed E-state index contributed by atoms with van der Waals surface area (Å²) in [5.41, 5.74) is 0.944. The SMILES string of the molecule is CCCOCCOCc1cc(C(=O)O)ccc1OC. The molecule has 0 heterocycles. The van der Waals surface area contributed by atoms with Gasteiger partial charge in [0, 0.05) is 12.2 Å². The van der Waals surface area contributed by atoms with Gasteiger partial charge >= 0.3 is 5.97 Å². The highest BCUT2D eigenvalue weighted by atomic mass is 16.5. The summed E-state index contributed by atoms with van der Waals surface area (Å²) < 4.78 is 15.9. The van der Waals surface area contributed by atoms with Crippen molar-refractivity contribution in [1.82, 2.24) is 0 Å². The fraction of sp³-hybridized carbons (Fsp3) is 0.500. The summed E-state index contributed by atoms with van der Waals surface area (Å²) in [5, 5.41) is 8.94. The van der Waals surface area contributed by atoms with Gasteiger partial charge in [0.2, 0.25) is 0 Å². The second-order valence-electron chi connectivity index (χ2n) is 4.00. The van der Waals surface area contributed by atoms with E-state index in [4.69, 9.17) is 19.3 Å². The van der Waals surface area contributed by atoms with Crippen LogP contribution in [0.5, 0.6) is 5.75 Å². The van der Waals surface area contributed by atoms with Crippen molar-refractivity contribution < 1.29 is 24.1 Å². The quantitative estimate of drug-likeness (QED) is 0.696. The highest BCUT2D eigenvalue weighted by molar-refractivity contribution is 5.88. The minimum atomic E-state index is -0.963. The van der Waals surface area contributed by atoms with Crippen molar-refractivity contribution in [1.29, 1.82) is 0 Å². The van der Waals surface area contributed by atoms with Gasteiger partial charge in [-0.25, -0.2) is 4.79 Å². The van der Waals surface area contributed by atoms with Gasteiger partial charge in [-0.1, -0.05) is 6.92 Å². The first-order valence-corrected chi connectivity index (χ1v) is 6.24. The van der Waals surface area contributed by atoms with Crippen LogP contribution >= 0.6 is 0 Å². The Morgan fingerprint density at radius 2 is 1.95 bits per heavy atom. The largest absolute Gasteiger partial charge is 0.496 e. The first-order valence-electron chi connectivity index (χ1n) is 6.24. The Balaban J connectivity index is 2.50. The molecule has 5 nitrogen and oxygen atoms in total. The molecule has 0 fully saturated rings. The van der Waals surface area contributed by atoms with Crippen LogP contribution in [0.2, 0.25) is 0 Å². The van der Waals surface area contributed by atoms with Crippen molar-refractivity contribution in [2.24, 2.45) is 0 Å². The van der Waals surface area contributed by atoms with Gasteiger partial charge < -0.3 is 19.3 Å². The molecular formula is C14H20O5. The predicted octanol–water partition coefficient (Wildman–Crippen LogP) is 2.34. The predicted molar refractivity (Wildman–Crippen MR) is 70.7 cm³/mol. The molecule has 0 saturated heterocycles. The number of ether oxygens (including phenoxy) is 3. The van der Waals surface area contributed by atoms with E-state index in [1.54, 1.807) is 19.2 Å². The van der Waals surface area contributed by atoms with E-state index in [2.05, 4.69) is 0 Å². The summed E-state index contributed by atoms with van der Waals surface area (Å²) >= 11 is 0. The number of carbonyl (C=O) groups is 1. The molecule has 0 spiro atoms. The summed E-state index contributed by atoms with van der Waals surface area (Å²) in [7, 11) is 1.55. The monoisotopic (exact) mass is 268 g/mol. The molecule has 0 atom stereocenters. The third kappa shape index (κ3) is 5.28. The molecule has 1 N–H and O–H groups in total. The number of hydrogen-bond donors (Lipinski definition) is 1. The molecule has 5 heteroatoms. The van der Waals surface area contributed by atoms with Crippen LogP contribution in [-0.2, 0) is 16.1 Å². The number of hydrogen-bond acceptors (Lipinski definition) is 4. The van der Waals surface area contributed by atoms with Crippen LogP contribution in [0.1, 0.15) is 29.3 Å². The van der Waals surface area contributed by atoms with Crippen molar-refractivity contribution in [3.8, 4) is 5.75 Å². The van der Waals surface area contributed by atoms with E-state index < -0.39 is 5.97 Å². The number of benzene rings is 1. The number of carboxylic acid groups (broad SMARTS) is 1. The third-order valence-electron chi connectivity index (χ3n) is 2.51. The average Bonchev–Trinajstić information content (AvgIpc) is 2.42. The van der Waals surface area contributed by atoms with E-state index in [9.17, 15) is 4.79 Å². The zero-order chi connectivity index (χ0) is 14.1. The van der Waals surface area contributed by atoms with Crippen LogP contribution in [0, 0.1) is 0 Å². The van der Waals surface area contributed by atoms with Crippen LogP contribution in [0.15, 0.2) is 18.2 Å². The van der Waals surface area contributed by atoms with Gasteiger partial charge in [-0.05, 0) is 24.6 Å². The molecule has 0 aliphatic heterocycles. The normalized spacial score (nSPS) is 10.4.